The molecular formula is C64H48Cl2N4Ti2-2. The van der Waals surface area contributed by atoms with Gasteiger partial charge < -0.3 is 43.1 Å². The van der Waals surface area contributed by atoms with Gasteiger partial charge in [0, 0.05) is 50.3 Å². The second kappa shape index (κ2) is 20.1. The summed E-state index contributed by atoms with van der Waals surface area (Å²) >= 11 is 0. The van der Waals surface area contributed by atoms with Gasteiger partial charge in [-0.05, 0) is 46.3 Å². The van der Waals surface area contributed by atoms with Crippen LogP contribution in [-0.4, -0.2) is 18.3 Å². The average molecular weight is 1040 g/mol. The number of rotatable bonds is 0. The fourth-order valence-electron chi connectivity index (χ4n) is 11.6. The molecule has 0 saturated carbocycles. The standard InChI is InChI=1S/4C16H12N.2ClH.2Ti/c4*1-17-15-9-5-4-8-13(15)14-10-11-6-2-3-7-12(11)16(14)17;;;;/h4*2-10H,1H3;2*1H;;/q4*-1;;;2*+2/p-2. The summed E-state index contributed by atoms with van der Waals surface area (Å²) in [5.74, 6) is 0. The molecule has 16 aromatic rings. The summed E-state index contributed by atoms with van der Waals surface area (Å²) in [5.41, 5.74) is 10.6. The Morgan fingerprint density at radius 1 is 0.236 bits per heavy atom. The number of aromatic nitrogens is 4. The topological polar surface area (TPSA) is 19.7 Å². The van der Waals surface area contributed by atoms with Gasteiger partial charge in [-0.25, -0.2) is 0 Å². The quantitative estimate of drug-likeness (QED) is 0.107. The smallest absolute Gasteiger partial charge is 1.00 e. The maximum Gasteiger partial charge on any atom is 2.00 e. The summed E-state index contributed by atoms with van der Waals surface area (Å²) in [7, 11) is 8.60. The zero-order chi connectivity index (χ0) is 45.6. The van der Waals surface area contributed by atoms with Crippen LogP contribution < -0.4 is 24.8 Å². The molecule has 4 aromatic heterocycles. The molecule has 4 nitrogen and oxygen atoms in total. The van der Waals surface area contributed by atoms with Gasteiger partial charge in [0.25, 0.3) is 0 Å². The van der Waals surface area contributed by atoms with Crippen molar-refractivity contribution in [3.8, 4) is 0 Å². The van der Waals surface area contributed by atoms with Gasteiger partial charge in [0.05, 0.1) is 0 Å². The molecule has 0 amide bonds. The van der Waals surface area contributed by atoms with Crippen molar-refractivity contribution in [1.29, 1.82) is 0 Å². The maximum atomic E-state index is 2.30. The fourth-order valence-corrected chi connectivity index (χ4v) is 11.6. The Hall–Kier alpha value is -6.59. The van der Waals surface area contributed by atoms with E-state index in [1.807, 2.05) is 0 Å². The summed E-state index contributed by atoms with van der Waals surface area (Å²) in [6.07, 6.45) is 0. The van der Waals surface area contributed by atoms with E-state index in [1.165, 1.54) is 130 Å². The van der Waals surface area contributed by atoms with Crippen molar-refractivity contribution in [3.05, 3.63) is 218 Å². The molecular weight excluding hydrogens is 991 g/mol. The van der Waals surface area contributed by atoms with Crippen molar-refractivity contribution < 1.29 is 68.2 Å². The SMILES string of the molecule is Cn1c2ccccc2c2[cH-]c3ccccc3c21.Cn1c2ccccc2c2[cH-]c3ccccc3c21.Cn1c2ccccc2c2[cH-]c3ccccc3c21.Cn1c2ccccc2c2[cH-]c3ccccc3c21.[Cl-].[Cl-].[Ti+2].[Ti+2]. The van der Waals surface area contributed by atoms with E-state index in [-0.39, 0.29) is 68.2 Å². The van der Waals surface area contributed by atoms with Crippen LogP contribution in [0.3, 0.4) is 0 Å². The number of aryl methyl sites for hydroxylation is 4. The largest absolute Gasteiger partial charge is 2.00 e. The van der Waals surface area contributed by atoms with Crippen LogP contribution in [0.5, 0.6) is 0 Å². The molecule has 348 valence electrons. The first-order valence-corrected chi connectivity index (χ1v) is 23.5. The Kier molecular flexibility index (Phi) is 14.1. The predicted molar refractivity (Wildman–Crippen MR) is 294 cm³/mol. The third kappa shape index (κ3) is 7.85. The van der Waals surface area contributed by atoms with E-state index >= 15 is 0 Å². The van der Waals surface area contributed by atoms with E-state index in [0.717, 1.165) is 0 Å². The first-order chi connectivity index (χ1) is 33.4. The monoisotopic (exact) mass is 1040 g/mol. The Labute approximate surface area is 459 Å². The second-order valence-electron chi connectivity index (χ2n) is 18.3. The molecule has 8 heteroatoms. The molecule has 0 aliphatic carbocycles. The second-order valence-corrected chi connectivity index (χ2v) is 18.3. The van der Waals surface area contributed by atoms with Crippen molar-refractivity contribution in [2.24, 2.45) is 28.2 Å². The molecule has 0 aliphatic heterocycles. The van der Waals surface area contributed by atoms with Crippen molar-refractivity contribution in [2.45, 2.75) is 0 Å². The van der Waals surface area contributed by atoms with Gasteiger partial charge in [-0.15, -0.1) is 70.1 Å². The Balaban J connectivity index is 0.000000116. The van der Waals surface area contributed by atoms with E-state index in [2.05, 4.69) is 265 Å². The zero-order valence-electron chi connectivity index (χ0n) is 40.3. The van der Waals surface area contributed by atoms with Crippen LogP contribution in [-0.2, 0) is 71.6 Å². The van der Waals surface area contributed by atoms with Gasteiger partial charge in [-0.3, -0.25) is 0 Å². The maximum absolute atomic E-state index is 2.30. The third-order valence-electron chi connectivity index (χ3n) is 14.6. The van der Waals surface area contributed by atoms with Crippen molar-refractivity contribution in [2.75, 3.05) is 0 Å². The normalized spacial score (nSPS) is 11.2. The summed E-state index contributed by atoms with van der Waals surface area (Å²) in [6, 6.07) is 78.0. The Bertz CT molecular complexity index is 3970. The van der Waals surface area contributed by atoms with E-state index in [4.69, 9.17) is 0 Å². The first-order valence-electron chi connectivity index (χ1n) is 23.5. The summed E-state index contributed by atoms with van der Waals surface area (Å²) in [5, 5.41) is 21.6. The number of hydrogen-bond donors (Lipinski definition) is 0. The van der Waals surface area contributed by atoms with Crippen LogP contribution in [0.15, 0.2) is 218 Å². The predicted octanol–water partition coefficient (Wildman–Crippen LogP) is 10.8. The number of para-hydroxylation sites is 4. The van der Waals surface area contributed by atoms with E-state index in [9.17, 15) is 0 Å². The van der Waals surface area contributed by atoms with Gasteiger partial charge in [-0.2, -0.15) is 0 Å². The van der Waals surface area contributed by atoms with Gasteiger partial charge in [0.15, 0.2) is 0 Å². The van der Waals surface area contributed by atoms with Crippen LogP contribution >= 0.6 is 0 Å². The van der Waals surface area contributed by atoms with Gasteiger partial charge in [0.1, 0.15) is 0 Å². The van der Waals surface area contributed by atoms with E-state index < -0.39 is 0 Å². The number of hydrogen-bond acceptors (Lipinski definition) is 0. The molecule has 0 radical (unpaired) electrons. The van der Waals surface area contributed by atoms with Crippen LogP contribution in [0, 0.1) is 0 Å². The van der Waals surface area contributed by atoms with Crippen molar-refractivity contribution in [3.63, 3.8) is 0 Å². The summed E-state index contributed by atoms with van der Waals surface area (Å²) < 4.78 is 9.19. The van der Waals surface area contributed by atoms with Crippen LogP contribution in [0.25, 0.3) is 130 Å². The molecule has 16 rings (SSSR count). The average Bonchev–Trinajstić information content (AvgIpc) is 4.28. The minimum Gasteiger partial charge on any atom is -1.00 e. The Morgan fingerprint density at radius 3 is 0.611 bits per heavy atom. The van der Waals surface area contributed by atoms with Crippen LogP contribution in [0.1, 0.15) is 0 Å². The molecule has 0 spiro atoms. The molecule has 72 heavy (non-hydrogen) atoms. The minimum absolute atomic E-state index is 0. The molecule has 0 N–H and O–H groups in total. The summed E-state index contributed by atoms with van der Waals surface area (Å²) in [4.78, 5) is 0. The molecule has 0 fully saturated rings. The Morgan fingerprint density at radius 2 is 0.403 bits per heavy atom. The molecule has 0 unspecified atom stereocenters. The molecule has 0 bridgehead atoms. The first kappa shape index (κ1) is 50.4. The third-order valence-corrected chi connectivity index (χ3v) is 14.6. The number of nitrogens with zero attached hydrogens (tertiary/aromatic N) is 4. The van der Waals surface area contributed by atoms with Gasteiger partial charge in [-0.1, -0.05) is 210 Å². The van der Waals surface area contributed by atoms with Gasteiger partial charge >= 0.3 is 43.4 Å². The number of halogens is 2. The molecule has 4 heterocycles. The van der Waals surface area contributed by atoms with Gasteiger partial charge in [0.2, 0.25) is 0 Å². The minimum atomic E-state index is 0. The molecule has 0 aliphatic rings. The van der Waals surface area contributed by atoms with Crippen molar-refractivity contribution in [1.82, 2.24) is 18.3 Å². The van der Waals surface area contributed by atoms with E-state index in [0.29, 0.717) is 0 Å². The van der Waals surface area contributed by atoms with Crippen molar-refractivity contribution >= 4 is 130 Å². The number of fused-ring (bicyclic) bond motifs is 20. The molecule has 0 atom stereocenters. The van der Waals surface area contributed by atoms with Crippen LogP contribution in [0.4, 0.5) is 0 Å². The molecule has 12 aromatic carbocycles. The molecule has 0 saturated heterocycles. The number of benzene rings is 8. The van der Waals surface area contributed by atoms with E-state index in [1.54, 1.807) is 0 Å². The fraction of sp³-hybridized carbons (Fsp3) is 0.0625. The summed E-state index contributed by atoms with van der Waals surface area (Å²) in [6.45, 7) is 0. The zero-order valence-corrected chi connectivity index (χ0v) is 45.0. The van der Waals surface area contributed by atoms with Crippen LogP contribution in [0.2, 0.25) is 0 Å².